The van der Waals surface area contributed by atoms with Crippen LogP contribution >= 0.6 is 0 Å². The fourth-order valence-corrected chi connectivity index (χ4v) is 7.44. The zero-order valence-corrected chi connectivity index (χ0v) is 45.5. The molecule has 1 unspecified atom stereocenters. The van der Waals surface area contributed by atoms with Crippen LogP contribution in [0.5, 0.6) is 0 Å². The van der Waals surface area contributed by atoms with Gasteiger partial charge in [-0.15, -0.1) is 0 Å². The van der Waals surface area contributed by atoms with E-state index in [1.807, 2.05) is 0 Å². The lowest BCUT2D eigenvalue weighted by atomic mass is 10.1. The van der Waals surface area contributed by atoms with Crippen LogP contribution < -0.4 is 0 Å². The molecule has 5 nitrogen and oxygen atoms in total. The maximum atomic E-state index is 12.8. The molecule has 0 aliphatic heterocycles. The van der Waals surface area contributed by atoms with Crippen molar-refractivity contribution in [3.05, 3.63) is 134 Å². The normalized spacial score (nSPS) is 13.2. The summed E-state index contributed by atoms with van der Waals surface area (Å²) in [5, 5.41) is 0. The highest BCUT2D eigenvalue weighted by atomic mass is 16.6. The van der Waals surface area contributed by atoms with Crippen molar-refractivity contribution in [2.45, 2.75) is 245 Å². The quantitative estimate of drug-likeness (QED) is 0.0345. The summed E-state index contributed by atoms with van der Waals surface area (Å²) >= 11 is 0. The molecule has 5 heteroatoms. The number of allylic oxidation sites excluding steroid dienone is 22. The second-order valence-corrected chi connectivity index (χ2v) is 18.4. The molecule has 0 radical (unpaired) electrons. The highest BCUT2D eigenvalue weighted by Gasteiger charge is 2.17. The van der Waals surface area contributed by atoms with Gasteiger partial charge < -0.3 is 14.2 Å². The van der Waals surface area contributed by atoms with Gasteiger partial charge in [-0.05, 0) is 135 Å². The van der Waals surface area contributed by atoms with E-state index in [0.717, 1.165) is 128 Å². The molecule has 0 aromatic heterocycles. The Balaban J connectivity index is 4.41. The topological polar surface area (TPSA) is 61.8 Å². The number of ether oxygens (including phenoxy) is 3. The van der Waals surface area contributed by atoms with E-state index in [1.54, 1.807) is 0 Å². The van der Waals surface area contributed by atoms with Gasteiger partial charge in [0.25, 0.3) is 0 Å². The van der Waals surface area contributed by atoms with Crippen molar-refractivity contribution in [3.8, 4) is 0 Å². The van der Waals surface area contributed by atoms with Gasteiger partial charge in [0.05, 0.1) is 6.61 Å². The van der Waals surface area contributed by atoms with Crippen molar-refractivity contribution >= 4 is 11.9 Å². The summed E-state index contributed by atoms with van der Waals surface area (Å²) in [6.07, 6.45) is 84.7. The van der Waals surface area contributed by atoms with Gasteiger partial charge in [-0.25, -0.2) is 0 Å². The molecule has 0 fully saturated rings. The summed E-state index contributed by atoms with van der Waals surface area (Å²) in [4.78, 5) is 25.5. The minimum Gasteiger partial charge on any atom is -0.462 e. The molecule has 0 rings (SSSR count). The Kier molecular flexibility index (Phi) is 56.0. The molecule has 0 heterocycles. The highest BCUT2D eigenvalue weighted by molar-refractivity contribution is 5.70. The Morgan fingerprint density at radius 2 is 0.643 bits per heavy atom. The van der Waals surface area contributed by atoms with Crippen molar-refractivity contribution in [3.63, 3.8) is 0 Å². The van der Waals surface area contributed by atoms with Gasteiger partial charge in [-0.3, -0.25) is 9.59 Å². The predicted molar refractivity (Wildman–Crippen MR) is 306 cm³/mol. The molecular weight excluding hydrogens is 861 g/mol. The molecule has 0 aromatic carbocycles. The molecule has 0 aliphatic carbocycles. The number of carbonyl (C=O) groups excluding carboxylic acids is 2. The number of hydrogen-bond acceptors (Lipinski definition) is 5. The highest BCUT2D eigenvalue weighted by Crippen LogP contribution is 2.13. The Labute approximate surface area is 432 Å². The molecular formula is C65H106O5. The Morgan fingerprint density at radius 3 is 1.06 bits per heavy atom. The molecule has 0 bridgehead atoms. The van der Waals surface area contributed by atoms with Crippen molar-refractivity contribution in [2.75, 3.05) is 19.8 Å². The zero-order valence-electron chi connectivity index (χ0n) is 45.5. The summed E-state index contributed by atoms with van der Waals surface area (Å²) in [5.74, 6) is -0.471. The first-order chi connectivity index (χ1) is 34.6. The first-order valence-corrected chi connectivity index (χ1v) is 28.7. The third kappa shape index (κ3) is 56.6. The van der Waals surface area contributed by atoms with Crippen LogP contribution in [0.15, 0.2) is 134 Å². The average molecular weight is 968 g/mol. The molecule has 70 heavy (non-hydrogen) atoms. The van der Waals surface area contributed by atoms with E-state index in [9.17, 15) is 9.59 Å². The molecule has 396 valence electrons. The number of esters is 2. The van der Waals surface area contributed by atoms with Gasteiger partial charge in [-0.2, -0.15) is 0 Å². The minimum absolute atomic E-state index is 0.0474. The first-order valence-electron chi connectivity index (χ1n) is 28.7. The third-order valence-corrected chi connectivity index (χ3v) is 11.7. The van der Waals surface area contributed by atoms with Crippen LogP contribution in [0.3, 0.4) is 0 Å². The zero-order chi connectivity index (χ0) is 50.6. The molecule has 0 amide bonds. The van der Waals surface area contributed by atoms with Crippen LogP contribution in [0.25, 0.3) is 0 Å². The summed E-state index contributed by atoms with van der Waals surface area (Å²) in [7, 11) is 0. The van der Waals surface area contributed by atoms with Gasteiger partial charge in [0, 0.05) is 19.4 Å². The van der Waals surface area contributed by atoms with Crippen LogP contribution in [0.4, 0.5) is 0 Å². The fourth-order valence-electron chi connectivity index (χ4n) is 7.44. The van der Waals surface area contributed by atoms with Gasteiger partial charge >= 0.3 is 11.9 Å². The van der Waals surface area contributed by atoms with E-state index in [2.05, 4.69) is 154 Å². The summed E-state index contributed by atoms with van der Waals surface area (Å²) < 4.78 is 17.4. The van der Waals surface area contributed by atoms with Crippen molar-refractivity contribution in [1.82, 2.24) is 0 Å². The van der Waals surface area contributed by atoms with E-state index in [0.29, 0.717) is 19.4 Å². The minimum atomic E-state index is -0.584. The van der Waals surface area contributed by atoms with Gasteiger partial charge in [-0.1, -0.05) is 225 Å². The van der Waals surface area contributed by atoms with Crippen molar-refractivity contribution in [1.29, 1.82) is 0 Å². The van der Waals surface area contributed by atoms with E-state index < -0.39 is 6.10 Å². The predicted octanol–water partition coefficient (Wildman–Crippen LogP) is 19.9. The summed E-state index contributed by atoms with van der Waals surface area (Å²) in [6.45, 7) is 7.46. The van der Waals surface area contributed by atoms with Gasteiger partial charge in [0.2, 0.25) is 0 Å². The first kappa shape index (κ1) is 66.0. The van der Waals surface area contributed by atoms with Crippen LogP contribution in [-0.4, -0.2) is 37.9 Å². The number of hydrogen-bond donors (Lipinski definition) is 0. The molecule has 0 aromatic rings. The smallest absolute Gasteiger partial charge is 0.306 e. The Bertz CT molecular complexity index is 1470. The van der Waals surface area contributed by atoms with Gasteiger partial charge in [0.15, 0.2) is 6.10 Å². The summed E-state index contributed by atoms with van der Waals surface area (Å²) in [5.41, 5.74) is 0. The molecule has 0 saturated carbocycles. The monoisotopic (exact) mass is 967 g/mol. The molecule has 0 N–H and O–H groups in total. The van der Waals surface area contributed by atoms with Crippen LogP contribution in [0, 0.1) is 0 Å². The Morgan fingerprint density at radius 1 is 0.329 bits per heavy atom. The molecule has 0 saturated heterocycles. The standard InChI is InChI=1S/C65H106O5/c1-4-7-10-13-16-19-22-25-28-30-32-34-36-39-42-45-48-51-54-57-60-68-61-63(70-65(67)59-56-53-50-47-44-41-37-27-24-21-18-15-12-9-6-3)62-69-64(66)58-55-52-49-46-43-40-38-35-33-31-29-26-23-20-17-14-11-8-5-2/h7,9-10,12,16-21,25-29,32,34,37,39,42,44,47,63H,4-6,8,11,13-15,22-24,30-31,33,35-36,38,40-41,43,45-46,48-62H2,1-3H3/b10-7-,12-9-,19-16-,20-17-,21-18-,28-25-,29-26-,34-32-,37-27-,42-39-,47-44-. The fraction of sp³-hybridized carbons (Fsp3) is 0.631. The third-order valence-electron chi connectivity index (χ3n) is 11.7. The van der Waals surface area contributed by atoms with E-state index >= 15 is 0 Å². The van der Waals surface area contributed by atoms with Crippen LogP contribution in [0.1, 0.15) is 239 Å². The lowest BCUT2D eigenvalue weighted by Crippen LogP contribution is -2.30. The van der Waals surface area contributed by atoms with E-state index in [-0.39, 0.29) is 25.2 Å². The van der Waals surface area contributed by atoms with Crippen LogP contribution in [0.2, 0.25) is 0 Å². The molecule has 0 spiro atoms. The lowest BCUT2D eigenvalue weighted by Gasteiger charge is -2.18. The lowest BCUT2D eigenvalue weighted by molar-refractivity contribution is -0.163. The van der Waals surface area contributed by atoms with Crippen molar-refractivity contribution in [2.24, 2.45) is 0 Å². The average Bonchev–Trinajstić information content (AvgIpc) is 3.36. The molecule has 0 aliphatic rings. The second-order valence-electron chi connectivity index (χ2n) is 18.4. The second kappa shape index (κ2) is 59.3. The number of unbranched alkanes of at least 4 members (excludes halogenated alkanes) is 18. The van der Waals surface area contributed by atoms with Crippen LogP contribution in [-0.2, 0) is 23.8 Å². The SMILES string of the molecule is CC/C=C\C/C=C\C/C=C\C/C=C\C/C=C\CCCCCCOCC(COC(=O)CCCCCCCCCCC/C=C\C/C=C\CCCCC)OC(=O)CCCC/C=C\C/C=C\C/C=C\C/C=C\CC. The largest absolute Gasteiger partial charge is 0.462 e. The summed E-state index contributed by atoms with van der Waals surface area (Å²) in [6, 6.07) is 0. The number of carbonyl (C=O) groups is 2. The maximum absolute atomic E-state index is 12.8. The van der Waals surface area contributed by atoms with Crippen molar-refractivity contribution < 1.29 is 23.8 Å². The van der Waals surface area contributed by atoms with E-state index in [4.69, 9.17) is 14.2 Å². The van der Waals surface area contributed by atoms with Gasteiger partial charge in [0.1, 0.15) is 6.61 Å². The number of rotatable bonds is 51. The van der Waals surface area contributed by atoms with E-state index in [1.165, 1.54) is 77.0 Å². The Hall–Kier alpha value is -3.96. The molecule has 1 atom stereocenters. The maximum Gasteiger partial charge on any atom is 0.306 e.